The second kappa shape index (κ2) is 8.69. The number of rotatable bonds is 9. The number of nitrogens with one attached hydrogen (secondary N) is 1. The van der Waals surface area contributed by atoms with Crippen molar-refractivity contribution >= 4 is 32.4 Å². The van der Waals surface area contributed by atoms with Gasteiger partial charge in [-0.05, 0) is 44.6 Å². The smallest absolute Gasteiger partial charge is 0.156 e. The Morgan fingerprint density at radius 2 is 1.59 bits per heavy atom. The van der Waals surface area contributed by atoms with Gasteiger partial charge in [-0.15, -0.1) is 0 Å². The van der Waals surface area contributed by atoms with Gasteiger partial charge in [-0.1, -0.05) is 35.4 Å². The normalized spacial score (nSPS) is 12.9. The number of hydrogen-bond acceptors (Lipinski definition) is 3. The van der Waals surface area contributed by atoms with Crippen LogP contribution in [0.1, 0.15) is 46.5 Å². The maximum absolute atomic E-state index is 11.8. The second-order valence-electron chi connectivity index (χ2n) is 5.28. The van der Waals surface area contributed by atoms with Crippen molar-refractivity contribution in [3.8, 4) is 0 Å². The van der Waals surface area contributed by atoms with E-state index in [2.05, 4.69) is 27.9 Å². The molecule has 0 aromatic carbocycles. The Bertz CT molecular complexity index is 283. The van der Waals surface area contributed by atoms with Crippen LogP contribution < -0.4 is 5.32 Å². The van der Waals surface area contributed by atoms with E-state index in [4.69, 9.17) is 0 Å². The summed E-state index contributed by atoms with van der Waals surface area (Å²) in [5, 5.41) is 3.21. The summed E-state index contributed by atoms with van der Waals surface area (Å²) in [5.41, 5.74) is 0. The summed E-state index contributed by atoms with van der Waals surface area (Å²) >= 11 is 2.40. The summed E-state index contributed by atoms with van der Waals surface area (Å²) in [4.78, 5) is 0. The SMILES string of the molecule is CC(C)(C)S(=O)(=O)CCNCCCCCCI. The second-order valence-corrected chi connectivity index (χ2v) is 9.23. The average molecular weight is 375 g/mol. The fourth-order valence-electron chi connectivity index (χ4n) is 1.34. The molecule has 0 heterocycles. The first-order valence-electron chi connectivity index (χ1n) is 6.30. The van der Waals surface area contributed by atoms with E-state index in [0.717, 1.165) is 13.0 Å². The van der Waals surface area contributed by atoms with E-state index >= 15 is 0 Å². The van der Waals surface area contributed by atoms with Crippen LogP contribution in [0.5, 0.6) is 0 Å². The zero-order valence-corrected chi connectivity index (χ0v) is 14.2. The summed E-state index contributed by atoms with van der Waals surface area (Å²) in [6, 6.07) is 0. The van der Waals surface area contributed by atoms with Crippen molar-refractivity contribution in [1.82, 2.24) is 5.32 Å². The van der Waals surface area contributed by atoms with Gasteiger partial charge in [0, 0.05) is 6.54 Å². The van der Waals surface area contributed by atoms with Crippen molar-refractivity contribution in [3.05, 3.63) is 0 Å². The van der Waals surface area contributed by atoms with Crippen molar-refractivity contribution in [2.45, 2.75) is 51.2 Å². The predicted molar refractivity (Wildman–Crippen MR) is 83.8 cm³/mol. The van der Waals surface area contributed by atoms with E-state index in [9.17, 15) is 8.42 Å². The lowest BCUT2D eigenvalue weighted by molar-refractivity contribution is 0.553. The highest BCUT2D eigenvalue weighted by atomic mass is 127. The van der Waals surface area contributed by atoms with Gasteiger partial charge in [-0.3, -0.25) is 0 Å². The molecule has 17 heavy (non-hydrogen) atoms. The first-order chi connectivity index (χ1) is 7.81. The summed E-state index contributed by atoms with van der Waals surface area (Å²) in [5.74, 6) is 0.240. The highest BCUT2D eigenvalue weighted by molar-refractivity contribution is 14.1. The van der Waals surface area contributed by atoms with E-state index in [1.807, 2.05) is 0 Å². The van der Waals surface area contributed by atoms with Gasteiger partial charge in [0.1, 0.15) is 0 Å². The largest absolute Gasteiger partial charge is 0.316 e. The molecular weight excluding hydrogens is 349 g/mol. The van der Waals surface area contributed by atoms with Crippen molar-refractivity contribution in [3.63, 3.8) is 0 Å². The van der Waals surface area contributed by atoms with Gasteiger partial charge < -0.3 is 5.32 Å². The highest BCUT2D eigenvalue weighted by Crippen LogP contribution is 2.15. The minimum absolute atomic E-state index is 0.240. The molecule has 0 atom stereocenters. The first-order valence-corrected chi connectivity index (χ1v) is 9.48. The Balaban J connectivity index is 3.53. The molecule has 0 bridgehead atoms. The fraction of sp³-hybridized carbons (Fsp3) is 1.00. The molecule has 0 aliphatic carbocycles. The molecule has 5 heteroatoms. The van der Waals surface area contributed by atoms with E-state index in [1.54, 1.807) is 20.8 Å². The number of hydrogen-bond donors (Lipinski definition) is 1. The Morgan fingerprint density at radius 3 is 2.12 bits per heavy atom. The van der Waals surface area contributed by atoms with Crippen LogP contribution in [0.25, 0.3) is 0 Å². The molecule has 0 aliphatic heterocycles. The van der Waals surface area contributed by atoms with Gasteiger partial charge >= 0.3 is 0 Å². The van der Waals surface area contributed by atoms with Crippen LogP contribution in [0, 0.1) is 0 Å². The van der Waals surface area contributed by atoms with E-state index in [-0.39, 0.29) is 5.75 Å². The highest BCUT2D eigenvalue weighted by Gasteiger charge is 2.27. The molecule has 1 N–H and O–H groups in total. The van der Waals surface area contributed by atoms with Gasteiger partial charge in [-0.2, -0.15) is 0 Å². The van der Waals surface area contributed by atoms with Crippen LogP contribution in [0.3, 0.4) is 0 Å². The van der Waals surface area contributed by atoms with Gasteiger partial charge in [0.05, 0.1) is 10.5 Å². The fourth-order valence-corrected chi connectivity index (χ4v) is 2.90. The van der Waals surface area contributed by atoms with Crippen LogP contribution >= 0.6 is 22.6 Å². The van der Waals surface area contributed by atoms with Crippen molar-refractivity contribution in [1.29, 1.82) is 0 Å². The van der Waals surface area contributed by atoms with Crippen LogP contribution in [-0.4, -0.2) is 36.4 Å². The topological polar surface area (TPSA) is 46.2 Å². The molecule has 0 amide bonds. The molecule has 0 fully saturated rings. The minimum Gasteiger partial charge on any atom is -0.316 e. The minimum atomic E-state index is -2.96. The Hall–Kier alpha value is 0.640. The third-order valence-corrected chi connectivity index (χ3v) is 6.09. The molecule has 104 valence electrons. The van der Waals surface area contributed by atoms with Crippen molar-refractivity contribution < 1.29 is 8.42 Å². The molecule has 0 saturated carbocycles. The maximum Gasteiger partial charge on any atom is 0.156 e. The van der Waals surface area contributed by atoms with E-state index in [1.165, 1.54) is 23.7 Å². The van der Waals surface area contributed by atoms with Gasteiger partial charge in [0.15, 0.2) is 9.84 Å². The standard InChI is InChI=1S/C12H26INO2S/c1-12(2,3)17(15,16)11-10-14-9-7-5-4-6-8-13/h14H,4-11H2,1-3H3. The zero-order valence-electron chi connectivity index (χ0n) is 11.3. The molecular formula is C12H26INO2S. The van der Waals surface area contributed by atoms with Crippen molar-refractivity contribution in [2.24, 2.45) is 0 Å². The molecule has 0 spiro atoms. The molecule has 0 aromatic heterocycles. The molecule has 0 rings (SSSR count). The number of sulfone groups is 1. The molecule has 0 aromatic rings. The molecule has 3 nitrogen and oxygen atoms in total. The quantitative estimate of drug-likeness (QED) is 0.383. The van der Waals surface area contributed by atoms with Gasteiger partial charge in [-0.25, -0.2) is 8.42 Å². The number of alkyl halides is 1. The lowest BCUT2D eigenvalue weighted by Gasteiger charge is -2.19. The monoisotopic (exact) mass is 375 g/mol. The number of unbranched alkanes of at least 4 members (excludes halogenated alkanes) is 3. The van der Waals surface area contributed by atoms with E-state index in [0.29, 0.717) is 6.54 Å². The average Bonchev–Trinajstić information content (AvgIpc) is 2.20. The van der Waals surface area contributed by atoms with Crippen LogP contribution in [0.2, 0.25) is 0 Å². The Morgan fingerprint density at radius 1 is 1.00 bits per heavy atom. The van der Waals surface area contributed by atoms with Crippen molar-refractivity contribution in [2.75, 3.05) is 23.3 Å². The van der Waals surface area contributed by atoms with Crippen LogP contribution in [-0.2, 0) is 9.84 Å². The maximum atomic E-state index is 11.8. The first kappa shape index (κ1) is 17.6. The lowest BCUT2D eigenvalue weighted by Crippen LogP contribution is -2.34. The van der Waals surface area contributed by atoms with E-state index < -0.39 is 14.6 Å². The third-order valence-electron chi connectivity index (χ3n) is 2.72. The summed E-state index contributed by atoms with van der Waals surface area (Å²) in [6.45, 7) is 6.78. The van der Waals surface area contributed by atoms with Gasteiger partial charge in [0.25, 0.3) is 0 Å². The summed E-state index contributed by atoms with van der Waals surface area (Å²) in [7, 11) is -2.96. The van der Waals surface area contributed by atoms with Crippen LogP contribution in [0.15, 0.2) is 0 Å². The summed E-state index contributed by atoms with van der Waals surface area (Å²) in [6.07, 6.45) is 4.96. The number of halogens is 1. The molecule has 0 radical (unpaired) electrons. The summed E-state index contributed by atoms with van der Waals surface area (Å²) < 4.78 is 24.2. The lowest BCUT2D eigenvalue weighted by atomic mass is 10.2. The van der Waals surface area contributed by atoms with Gasteiger partial charge in [0.2, 0.25) is 0 Å². The molecule has 0 saturated heterocycles. The molecule has 0 aliphatic rings. The molecule has 0 unspecified atom stereocenters. The Kier molecular flexibility index (Phi) is 9.02. The van der Waals surface area contributed by atoms with Crippen LogP contribution in [0.4, 0.5) is 0 Å². The third kappa shape index (κ3) is 8.37. The zero-order chi connectivity index (χ0) is 13.4. The predicted octanol–water partition coefficient (Wildman–Crippen LogP) is 2.78. The Labute approximate surface area is 120 Å².